The third-order valence-corrected chi connectivity index (χ3v) is 1.67. The van der Waals surface area contributed by atoms with E-state index in [2.05, 4.69) is 10.3 Å². The second-order valence-electron chi connectivity index (χ2n) is 2.10. The topological polar surface area (TPSA) is 62.2 Å². The van der Waals surface area contributed by atoms with Crippen LogP contribution in [-0.2, 0) is 0 Å². The molecule has 64 valence electrons. The molecule has 5 heteroatoms. The van der Waals surface area contributed by atoms with Gasteiger partial charge in [0.1, 0.15) is 5.56 Å². The van der Waals surface area contributed by atoms with E-state index >= 15 is 0 Å². The Morgan fingerprint density at radius 3 is 2.75 bits per heavy atom. The Bertz CT molecular complexity index is 314. The molecule has 0 unspecified atom stereocenters. The quantitative estimate of drug-likeness (QED) is 0.735. The van der Waals surface area contributed by atoms with Crippen LogP contribution in [0.1, 0.15) is 10.4 Å². The molecule has 0 bridgehead atoms. The van der Waals surface area contributed by atoms with Crippen molar-refractivity contribution in [1.82, 2.24) is 4.98 Å². The molecule has 0 aliphatic heterocycles. The van der Waals surface area contributed by atoms with Gasteiger partial charge in [-0.2, -0.15) is 0 Å². The summed E-state index contributed by atoms with van der Waals surface area (Å²) in [5.41, 5.74) is 0.462. The standard InChI is InChI=1S/C7H7ClN2O2/c1-9-5-3-10-2-4(8)6(5)7(11)12/h2-3,9H,1H3,(H,11,12). The van der Waals surface area contributed by atoms with Crippen molar-refractivity contribution >= 4 is 23.3 Å². The first-order valence-electron chi connectivity index (χ1n) is 3.21. The fourth-order valence-electron chi connectivity index (χ4n) is 0.842. The second-order valence-corrected chi connectivity index (χ2v) is 2.51. The molecule has 0 saturated heterocycles. The molecule has 12 heavy (non-hydrogen) atoms. The van der Waals surface area contributed by atoms with E-state index in [4.69, 9.17) is 16.7 Å². The molecular weight excluding hydrogens is 180 g/mol. The number of hydrogen-bond donors (Lipinski definition) is 2. The average Bonchev–Trinajstić information content (AvgIpc) is 2.03. The molecule has 2 N–H and O–H groups in total. The predicted molar refractivity (Wildman–Crippen MR) is 45.8 cm³/mol. The Labute approximate surface area is 74.2 Å². The summed E-state index contributed by atoms with van der Waals surface area (Å²) in [5.74, 6) is -1.06. The fraction of sp³-hybridized carbons (Fsp3) is 0.143. The number of hydrogen-bond acceptors (Lipinski definition) is 3. The maximum absolute atomic E-state index is 10.6. The molecule has 1 heterocycles. The van der Waals surface area contributed by atoms with Gasteiger partial charge in [-0.1, -0.05) is 11.6 Å². The molecule has 0 amide bonds. The van der Waals surface area contributed by atoms with Crippen LogP contribution in [0.5, 0.6) is 0 Å². The van der Waals surface area contributed by atoms with E-state index in [9.17, 15) is 4.79 Å². The Kier molecular flexibility index (Phi) is 2.50. The number of rotatable bonds is 2. The molecule has 1 aromatic rings. The average molecular weight is 187 g/mol. The van der Waals surface area contributed by atoms with E-state index in [1.807, 2.05) is 0 Å². The minimum atomic E-state index is -1.06. The minimum Gasteiger partial charge on any atom is -0.478 e. The molecule has 1 rings (SSSR count). The van der Waals surface area contributed by atoms with E-state index in [1.165, 1.54) is 12.4 Å². The first-order chi connectivity index (χ1) is 5.66. The van der Waals surface area contributed by atoms with Crippen molar-refractivity contribution < 1.29 is 9.90 Å². The summed E-state index contributed by atoms with van der Waals surface area (Å²) in [6, 6.07) is 0. The number of carbonyl (C=O) groups is 1. The van der Waals surface area contributed by atoms with Crippen molar-refractivity contribution in [2.45, 2.75) is 0 Å². The zero-order valence-corrected chi connectivity index (χ0v) is 7.09. The van der Waals surface area contributed by atoms with Crippen molar-refractivity contribution in [3.63, 3.8) is 0 Å². The Morgan fingerprint density at radius 1 is 1.67 bits per heavy atom. The third-order valence-electron chi connectivity index (χ3n) is 1.38. The molecule has 0 fully saturated rings. The van der Waals surface area contributed by atoms with Crippen molar-refractivity contribution in [3.05, 3.63) is 23.0 Å². The monoisotopic (exact) mass is 186 g/mol. The Hall–Kier alpha value is -1.29. The molecule has 0 aliphatic rings. The summed E-state index contributed by atoms with van der Waals surface area (Å²) < 4.78 is 0. The van der Waals surface area contributed by atoms with Crippen molar-refractivity contribution in [3.8, 4) is 0 Å². The molecule has 0 radical (unpaired) electrons. The Morgan fingerprint density at radius 2 is 2.33 bits per heavy atom. The van der Waals surface area contributed by atoms with Gasteiger partial charge in [0.15, 0.2) is 0 Å². The van der Waals surface area contributed by atoms with Crippen LogP contribution in [0.25, 0.3) is 0 Å². The number of nitrogens with zero attached hydrogens (tertiary/aromatic N) is 1. The summed E-state index contributed by atoms with van der Waals surface area (Å²) in [6.07, 6.45) is 2.71. The van der Waals surface area contributed by atoms with Gasteiger partial charge in [-0.25, -0.2) is 4.79 Å². The SMILES string of the molecule is CNc1cncc(Cl)c1C(=O)O. The Balaban J connectivity index is 3.29. The van der Waals surface area contributed by atoms with Gasteiger partial charge in [0, 0.05) is 13.2 Å². The number of anilines is 1. The molecule has 0 atom stereocenters. The molecule has 0 aliphatic carbocycles. The van der Waals surface area contributed by atoms with Gasteiger partial charge in [0.05, 0.1) is 16.9 Å². The summed E-state index contributed by atoms with van der Waals surface area (Å²) in [7, 11) is 1.61. The highest BCUT2D eigenvalue weighted by atomic mass is 35.5. The normalized spacial score (nSPS) is 9.50. The first-order valence-corrected chi connectivity index (χ1v) is 3.59. The number of carboxylic acid groups (broad SMARTS) is 1. The second kappa shape index (κ2) is 3.40. The summed E-state index contributed by atoms with van der Waals surface area (Å²) in [5, 5.41) is 11.5. The lowest BCUT2D eigenvalue weighted by Gasteiger charge is -2.04. The van der Waals surface area contributed by atoms with Crippen molar-refractivity contribution in [2.75, 3.05) is 12.4 Å². The van der Waals surface area contributed by atoms with E-state index < -0.39 is 5.97 Å². The van der Waals surface area contributed by atoms with E-state index in [0.29, 0.717) is 5.69 Å². The lowest BCUT2D eigenvalue weighted by molar-refractivity contribution is 0.0698. The number of pyridine rings is 1. The lowest BCUT2D eigenvalue weighted by atomic mass is 10.2. The van der Waals surface area contributed by atoms with Gasteiger partial charge in [0.2, 0.25) is 0 Å². The van der Waals surface area contributed by atoms with Gasteiger partial charge in [-0.3, -0.25) is 4.98 Å². The number of nitrogens with one attached hydrogen (secondary N) is 1. The van der Waals surface area contributed by atoms with Crippen LogP contribution in [0, 0.1) is 0 Å². The van der Waals surface area contributed by atoms with Gasteiger partial charge < -0.3 is 10.4 Å². The highest BCUT2D eigenvalue weighted by Gasteiger charge is 2.13. The zero-order valence-electron chi connectivity index (χ0n) is 6.34. The van der Waals surface area contributed by atoms with E-state index in [-0.39, 0.29) is 10.6 Å². The fourth-order valence-corrected chi connectivity index (χ4v) is 1.08. The third kappa shape index (κ3) is 1.48. The molecule has 0 spiro atoms. The van der Waals surface area contributed by atoms with Crippen LogP contribution in [0.15, 0.2) is 12.4 Å². The maximum Gasteiger partial charge on any atom is 0.339 e. The molecule has 1 aromatic heterocycles. The lowest BCUT2D eigenvalue weighted by Crippen LogP contribution is -2.04. The van der Waals surface area contributed by atoms with Crippen molar-refractivity contribution in [2.24, 2.45) is 0 Å². The molecule has 0 saturated carbocycles. The van der Waals surface area contributed by atoms with Gasteiger partial charge >= 0.3 is 5.97 Å². The van der Waals surface area contributed by atoms with Crippen LogP contribution >= 0.6 is 11.6 Å². The van der Waals surface area contributed by atoms with Gasteiger partial charge in [-0.05, 0) is 0 Å². The largest absolute Gasteiger partial charge is 0.478 e. The highest BCUT2D eigenvalue weighted by Crippen LogP contribution is 2.21. The number of carboxylic acids is 1. The molecule has 4 nitrogen and oxygen atoms in total. The zero-order chi connectivity index (χ0) is 9.14. The minimum absolute atomic E-state index is 0.0502. The number of aromatic nitrogens is 1. The van der Waals surface area contributed by atoms with Crippen LogP contribution in [-0.4, -0.2) is 23.1 Å². The van der Waals surface area contributed by atoms with Crippen LogP contribution in [0.4, 0.5) is 5.69 Å². The van der Waals surface area contributed by atoms with Crippen LogP contribution < -0.4 is 5.32 Å². The van der Waals surface area contributed by atoms with E-state index in [0.717, 1.165) is 0 Å². The summed E-state index contributed by atoms with van der Waals surface area (Å²) in [6.45, 7) is 0. The van der Waals surface area contributed by atoms with Gasteiger partial charge in [-0.15, -0.1) is 0 Å². The number of halogens is 1. The van der Waals surface area contributed by atoms with Gasteiger partial charge in [0.25, 0.3) is 0 Å². The summed E-state index contributed by atoms with van der Waals surface area (Å²) in [4.78, 5) is 14.4. The predicted octanol–water partition coefficient (Wildman–Crippen LogP) is 1.47. The van der Waals surface area contributed by atoms with Crippen molar-refractivity contribution in [1.29, 1.82) is 0 Å². The maximum atomic E-state index is 10.6. The first kappa shape index (κ1) is 8.80. The molecular formula is C7H7ClN2O2. The van der Waals surface area contributed by atoms with Crippen LogP contribution in [0.2, 0.25) is 5.02 Å². The van der Waals surface area contributed by atoms with E-state index in [1.54, 1.807) is 7.05 Å². The van der Waals surface area contributed by atoms with Crippen LogP contribution in [0.3, 0.4) is 0 Å². The summed E-state index contributed by atoms with van der Waals surface area (Å²) >= 11 is 5.62. The molecule has 0 aromatic carbocycles. The smallest absolute Gasteiger partial charge is 0.339 e. The number of aromatic carboxylic acids is 1. The highest BCUT2D eigenvalue weighted by molar-refractivity contribution is 6.34.